The molecule has 1 amide bonds. The topological polar surface area (TPSA) is 75.9 Å². The number of hydrogen-bond acceptors (Lipinski definition) is 5. The standard InChI is InChI=1S/C25H25ClN6O/c1-17-6-8-20(9-7-17)32-15-21-23(30-32)28-16-29-24(21)31-12-10-18(11-13-31)25(33)27-14-19-4-2-3-5-22(19)26/h2-9,15-16,18H,10-14H2,1H3,(H,27,33). The van der Waals surface area contributed by atoms with E-state index < -0.39 is 0 Å². The number of aromatic nitrogens is 4. The van der Waals surface area contributed by atoms with Crippen LogP contribution in [0.15, 0.2) is 61.1 Å². The highest BCUT2D eigenvalue weighted by Crippen LogP contribution is 2.28. The highest BCUT2D eigenvalue weighted by molar-refractivity contribution is 6.31. The molecule has 3 heterocycles. The van der Waals surface area contributed by atoms with Crippen molar-refractivity contribution >= 4 is 34.4 Å². The molecular weight excluding hydrogens is 436 g/mol. The van der Waals surface area contributed by atoms with Gasteiger partial charge in [-0.25, -0.2) is 14.6 Å². The Morgan fingerprint density at radius 2 is 1.85 bits per heavy atom. The molecule has 0 atom stereocenters. The Balaban J connectivity index is 1.26. The molecule has 168 valence electrons. The average Bonchev–Trinajstić information content (AvgIpc) is 3.28. The molecule has 0 saturated carbocycles. The van der Waals surface area contributed by atoms with E-state index >= 15 is 0 Å². The monoisotopic (exact) mass is 460 g/mol. The number of halogens is 1. The van der Waals surface area contributed by atoms with Crippen LogP contribution in [0.25, 0.3) is 16.7 Å². The summed E-state index contributed by atoms with van der Waals surface area (Å²) in [4.78, 5) is 23.8. The highest BCUT2D eigenvalue weighted by Gasteiger charge is 2.27. The number of fused-ring (bicyclic) bond motifs is 1. The normalized spacial score (nSPS) is 14.5. The zero-order valence-electron chi connectivity index (χ0n) is 18.4. The SMILES string of the molecule is Cc1ccc(-n2cc3c(N4CCC(C(=O)NCc5ccccc5Cl)CC4)ncnc3n2)cc1. The van der Waals surface area contributed by atoms with E-state index in [-0.39, 0.29) is 11.8 Å². The van der Waals surface area contributed by atoms with E-state index in [0.29, 0.717) is 17.2 Å². The van der Waals surface area contributed by atoms with E-state index in [1.54, 1.807) is 6.33 Å². The van der Waals surface area contributed by atoms with E-state index in [2.05, 4.69) is 44.3 Å². The second kappa shape index (κ2) is 9.19. The summed E-state index contributed by atoms with van der Waals surface area (Å²) in [6.07, 6.45) is 5.09. The molecule has 33 heavy (non-hydrogen) atoms. The molecule has 5 rings (SSSR count). The Kier molecular flexibility index (Phi) is 5.96. The number of benzene rings is 2. The Morgan fingerprint density at radius 1 is 1.09 bits per heavy atom. The van der Waals surface area contributed by atoms with Gasteiger partial charge >= 0.3 is 0 Å². The van der Waals surface area contributed by atoms with Gasteiger partial charge in [0.1, 0.15) is 12.1 Å². The predicted octanol–water partition coefficient (Wildman–Crippen LogP) is 4.31. The quantitative estimate of drug-likeness (QED) is 0.480. The summed E-state index contributed by atoms with van der Waals surface area (Å²) < 4.78 is 1.84. The molecule has 0 radical (unpaired) electrons. The Labute approximate surface area is 197 Å². The number of anilines is 1. The molecule has 0 spiro atoms. The van der Waals surface area contributed by atoms with Crippen LogP contribution < -0.4 is 10.2 Å². The number of piperidine rings is 1. The molecular formula is C25H25ClN6O. The van der Waals surface area contributed by atoms with Gasteiger partial charge in [-0.05, 0) is 43.5 Å². The number of nitrogens with one attached hydrogen (secondary N) is 1. The molecule has 1 fully saturated rings. The number of nitrogens with zero attached hydrogens (tertiary/aromatic N) is 5. The van der Waals surface area contributed by atoms with Crippen molar-refractivity contribution in [2.75, 3.05) is 18.0 Å². The Bertz CT molecular complexity index is 1280. The lowest BCUT2D eigenvalue weighted by molar-refractivity contribution is -0.125. The third kappa shape index (κ3) is 4.54. The Morgan fingerprint density at radius 3 is 2.61 bits per heavy atom. The molecule has 0 aliphatic carbocycles. The van der Waals surface area contributed by atoms with Crippen LogP contribution in [0.1, 0.15) is 24.0 Å². The summed E-state index contributed by atoms with van der Waals surface area (Å²) in [5, 5.41) is 9.26. The van der Waals surface area contributed by atoms with Crippen LogP contribution in [0, 0.1) is 12.8 Å². The van der Waals surface area contributed by atoms with Gasteiger partial charge in [0, 0.05) is 36.8 Å². The molecule has 2 aromatic carbocycles. The van der Waals surface area contributed by atoms with Crippen molar-refractivity contribution in [3.63, 3.8) is 0 Å². The second-order valence-corrected chi connectivity index (χ2v) is 8.82. The summed E-state index contributed by atoms with van der Waals surface area (Å²) in [6.45, 7) is 4.02. The molecule has 1 saturated heterocycles. The van der Waals surface area contributed by atoms with Crippen molar-refractivity contribution in [3.05, 3.63) is 77.2 Å². The summed E-state index contributed by atoms with van der Waals surface area (Å²) in [6, 6.07) is 15.8. The number of carbonyl (C=O) groups excluding carboxylic acids is 1. The van der Waals surface area contributed by atoms with Crippen LogP contribution in [0.5, 0.6) is 0 Å². The van der Waals surface area contributed by atoms with Crippen molar-refractivity contribution in [1.29, 1.82) is 0 Å². The van der Waals surface area contributed by atoms with Gasteiger partial charge in [-0.2, -0.15) is 0 Å². The zero-order valence-corrected chi connectivity index (χ0v) is 19.2. The maximum atomic E-state index is 12.7. The maximum absolute atomic E-state index is 12.7. The van der Waals surface area contributed by atoms with Crippen LogP contribution in [-0.2, 0) is 11.3 Å². The fourth-order valence-electron chi connectivity index (χ4n) is 4.23. The lowest BCUT2D eigenvalue weighted by Crippen LogP contribution is -2.40. The number of rotatable bonds is 5. The number of carbonyl (C=O) groups is 1. The molecule has 1 aliphatic rings. The third-order valence-electron chi connectivity index (χ3n) is 6.17. The van der Waals surface area contributed by atoms with Crippen LogP contribution in [0.4, 0.5) is 5.82 Å². The first-order valence-electron chi connectivity index (χ1n) is 11.1. The molecule has 0 bridgehead atoms. The highest BCUT2D eigenvalue weighted by atomic mass is 35.5. The van der Waals surface area contributed by atoms with Gasteiger partial charge in [0.25, 0.3) is 0 Å². The molecule has 7 nitrogen and oxygen atoms in total. The minimum absolute atomic E-state index is 0.0173. The summed E-state index contributed by atoms with van der Waals surface area (Å²) in [7, 11) is 0. The zero-order chi connectivity index (χ0) is 22.8. The minimum Gasteiger partial charge on any atom is -0.356 e. The van der Waals surface area contributed by atoms with Crippen LogP contribution in [0.2, 0.25) is 5.02 Å². The van der Waals surface area contributed by atoms with Gasteiger partial charge in [0.2, 0.25) is 5.91 Å². The number of hydrogen-bond donors (Lipinski definition) is 1. The van der Waals surface area contributed by atoms with E-state index in [9.17, 15) is 4.79 Å². The fraction of sp³-hybridized carbons (Fsp3) is 0.280. The van der Waals surface area contributed by atoms with Crippen LogP contribution >= 0.6 is 11.6 Å². The fourth-order valence-corrected chi connectivity index (χ4v) is 4.43. The smallest absolute Gasteiger partial charge is 0.223 e. The molecule has 4 aromatic rings. The van der Waals surface area contributed by atoms with E-state index in [0.717, 1.165) is 48.4 Å². The molecule has 1 aliphatic heterocycles. The number of aryl methyl sites for hydroxylation is 1. The van der Waals surface area contributed by atoms with Crippen molar-refractivity contribution in [2.45, 2.75) is 26.3 Å². The van der Waals surface area contributed by atoms with Gasteiger partial charge in [-0.15, -0.1) is 5.10 Å². The predicted molar refractivity (Wildman–Crippen MR) is 130 cm³/mol. The minimum atomic E-state index is -0.0173. The van der Waals surface area contributed by atoms with Crippen LogP contribution in [-0.4, -0.2) is 38.7 Å². The molecule has 1 N–H and O–H groups in total. The molecule has 2 aromatic heterocycles. The van der Waals surface area contributed by atoms with Gasteiger partial charge in [-0.1, -0.05) is 47.5 Å². The summed E-state index contributed by atoms with van der Waals surface area (Å²) in [5.74, 6) is 0.930. The lowest BCUT2D eigenvalue weighted by atomic mass is 9.95. The first kappa shape index (κ1) is 21.4. The largest absolute Gasteiger partial charge is 0.356 e. The summed E-state index contributed by atoms with van der Waals surface area (Å²) in [5.41, 5.74) is 3.78. The molecule has 8 heteroatoms. The van der Waals surface area contributed by atoms with Gasteiger partial charge in [0.15, 0.2) is 5.65 Å². The van der Waals surface area contributed by atoms with Crippen molar-refractivity contribution in [2.24, 2.45) is 5.92 Å². The van der Waals surface area contributed by atoms with E-state index in [4.69, 9.17) is 11.6 Å². The van der Waals surface area contributed by atoms with Gasteiger partial charge in [-0.3, -0.25) is 4.79 Å². The van der Waals surface area contributed by atoms with Crippen LogP contribution in [0.3, 0.4) is 0 Å². The van der Waals surface area contributed by atoms with Gasteiger partial charge < -0.3 is 10.2 Å². The van der Waals surface area contributed by atoms with Crippen molar-refractivity contribution < 1.29 is 4.79 Å². The van der Waals surface area contributed by atoms with E-state index in [1.165, 1.54) is 5.56 Å². The maximum Gasteiger partial charge on any atom is 0.223 e. The average molecular weight is 461 g/mol. The lowest BCUT2D eigenvalue weighted by Gasteiger charge is -2.32. The summed E-state index contributed by atoms with van der Waals surface area (Å²) >= 11 is 6.20. The van der Waals surface area contributed by atoms with Crippen molar-refractivity contribution in [1.82, 2.24) is 25.1 Å². The first-order valence-corrected chi connectivity index (χ1v) is 11.5. The van der Waals surface area contributed by atoms with Gasteiger partial charge in [0.05, 0.1) is 11.1 Å². The first-order chi connectivity index (χ1) is 16.1. The number of amides is 1. The second-order valence-electron chi connectivity index (χ2n) is 8.41. The van der Waals surface area contributed by atoms with E-state index in [1.807, 2.05) is 47.3 Å². The Hall–Kier alpha value is -3.45. The van der Waals surface area contributed by atoms with Crippen molar-refractivity contribution in [3.8, 4) is 5.69 Å². The molecule has 0 unspecified atom stereocenters. The third-order valence-corrected chi connectivity index (χ3v) is 6.54.